The number of aromatic nitrogens is 1. The number of fused-ring (bicyclic) bond motifs is 1. The van der Waals surface area contributed by atoms with Crippen molar-refractivity contribution in [1.29, 1.82) is 0 Å². The summed E-state index contributed by atoms with van der Waals surface area (Å²) in [5, 5.41) is 11.5. The Labute approximate surface area is 188 Å². The summed E-state index contributed by atoms with van der Waals surface area (Å²) in [5.41, 5.74) is 4.48. The Balaban J connectivity index is 1.72. The summed E-state index contributed by atoms with van der Waals surface area (Å²) < 4.78 is 2.03. The predicted molar refractivity (Wildman–Crippen MR) is 128 cm³/mol. The van der Waals surface area contributed by atoms with Gasteiger partial charge in [-0.15, -0.1) is 0 Å². The van der Waals surface area contributed by atoms with Gasteiger partial charge in [-0.2, -0.15) is 0 Å². The van der Waals surface area contributed by atoms with Crippen molar-refractivity contribution in [3.63, 3.8) is 0 Å². The van der Waals surface area contributed by atoms with E-state index in [1.165, 1.54) is 12.8 Å². The van der Waals surface area contributed by atoms with Crippen LogP contribution in [-0.2, 0) is 6.54 Å². The van der Waals surface area contributed by atoms with Crippen molar-refractivity contribution < 1.29 is 9.90 Å². The van der Waals surface area contributed by atoms with Crippen LogP contribution >= 0.6 is 0 Å². The topological polar surface area (TPSA) is 45.5 Å². The number of para-hydroxylation sites is 1. The van der Waals surface area contributed by atoms with Gasteiger partial charge in [0.1, 0.15) is 5.69 Å². The Hall–Kier alpha value is -3.37. The number of hydrogen-bond acceptors (Lipinski definition) is 2. The largest absolute Gasteiger partial charge is 0.477 e. The first-order chi connectivity index (χ1) is 15.7. The van der Waals surface area contributed by atoms with Crippen LogP contribution < -0.4 is 0 Å². The van der Waals surface area contributed by atoms with Gasteiger partial charge in [0.15, 0.2) is 0 Å². The molecule has 1 aromatic heterocycles. The van der Waals surface area contributed by atoms with Gasteiger partial charge < -0.3 is 14.6 Å². The average Bonchev–Trinajstić information content (AvgIpc) is 3.46. The molecule has 3 aromatic carbocycles. The van der Waals surface area contributed by atoms with Crippen molar-refractivity contribution in [3.05, 3.63) is 107 Å². The van der Waals surface area contributed by atoms with E-state index in [4.69, 9.17) is 0 Å². The van der Waals surface area contributed by atoms with Crippen LogP contribution in [0.3, 0.4) is 0 Å². The average molecular weight is 425 g/mol. The Morgan fingerprint density at radius 3 is 1.94 bits per heavy atom. The highest BCUT2D eigenvalue weighted by Gasteiger charge is 2.30. The number of rotatable bonds is 7. The molecule has 0 atom stereocenters. The Kier molecular flexibility index (Phi) is 5.78. The highest BCUT2D eigenvalue weighted by atomic mass is 16.4. The molecule has 32 heavy (non-hydrogen) atoms. The van der Waals surface area contributed by atoms with Gasteiger partial charge in [0.05, 0.1) is 0 Å². The van der Waals surface area contributed by atoms with Crippen molar-refractivity contribution in [2.45, 2.75) is 25.3 Å². The van der Waals surface area contributed by atoms with E-state index in [0.29, 0.717) is 12.2 Å². The number of aromatic carboxylic acids is 1. The highest BCUT2D eigenvalue weighted by Crippen LogP contribution is 2.40. The molecule has 2 heterocycles. The van der Waals surface area contributed by atoms with Crippen molar-refractivity contribution in [1.82, 2.24) is 9.47 Å². The fourth-order valence-electron chi connectivity index (χ4n) is 5.15. The molecule has 0 unspecified atom stereocenters. The van der Waals surface area contributed by atoms with Crippen molar-refractivity contribution in [2.24, 2.45) is 0 Å². The van der Waals surface area contributed by atoms with Gasteiger partial charge in [-0.1, -0.05) is 78.9 Å². The zero-order chi connectivity index (χ0) is 21.9. The molecule has 0 spiro atoms. The summed E-state index contributed by atoms with van der Waals surface area (Å²) in [7, 11) is 0. The van der Waals surface area contributed by atoms with Gasteiger partial charge in [0.25, 0.3) is 0 Å². The quantitative estimate of drug-likeness (QED) is 0.419. The van der Waals surface area contributed by atoms with Gasteiger partial charge in [0.2, 0.25) is 0 Å². The number of hydrogen-bond donors (Lipinski definition) is 1. The van der Waals surface area contributed by atoms with Crippen LogP contribution in [0.1, 0.15) is 45.9 Å². The number of likely N-dealkylation sites (tertiary alicyclic amines) is 1. The molecule has 0 radical (unpaired) electrons. The lowest BCUT2D eigenvalue weighted by Gasteiger charge is -2.20. The molecule has 0 bridgehead atoms. The van der Waals surface area contributed by atoms with Crippen LogP contribution in [0.25, 0.3) is 10.9 Å². The molecule has 4 aromatic rings. The monoisotopic (exact) mass is 424 g/mol. The van der Waals surface area contributed by atoms with E-state index < -0.39 is 5.97 Å². The van der Waals surface area contributed by atoms with E-state index in [9.17, 15) is 9.90 Å². The van der Waals surface area contributed by atoms with E-state index in [1.54, 1.807) is 0 Å². The first kappa shape index (κ1) is 20.5. The maximum absolute atomic E-state index is 12.7. The second kappa shape index (κ2) is 9.01. The summed E-state index contributed by atoms with van der Waals surface area (Å²) in [4.78, 5) is 15.2. The molecule has 1 saturated heterocycles. The van der Waals surface area contributed by atoms with Crippen LogP contribution in [0.4, 0.5) is 0 Å². The number of benzene rings is 3. The molecule has 1 fully saturated rings. The molecular weight excluding hydrogens is 396 g/mol. The highest BCUT2D eigenvalue weighted by molar-refractivity contribution is 5.99. The molecule has 0 saturated carbocycles. The number of nitrogens with zero attached hydrogens (tertiary/aromatic N) is 2. The number of carbonyl (C=O) groups is 1. The van der Waals surface area contributed by atoms with Gasteiger partial charge >= 0.3 is 5.97 Å². The van der Waals surface area contributed by atoms with Crippen molar-refractivity contribution in [2.75, 3.05) is 19.6 Å². The zero-order valence-corrected chi connectivity index (χ0v) is 18.2. The molecule has 0 aliphatic carbocycles. The van der Waals surface area contributed by atoms with E-state index >= 15 is 0 Å². The maximum Gasteiger partial charge on any atom is 0.352 e. The summed E-state index contributed by atoms with van der Waals surface area (Å²) >= 11 is 0. The summed E-state index contributed by atoms with van der Waals surface area (Å²) in [6.45, 7) is 3.76. The number of carboxylic acid groups (broad SMARTS) is 1. The normalized spacial score (nSPS) is 14.4. The first-order valence-electron chi connectivity index (χ1n) is 11.4. The van der Waals surface area contributed by atoms with Gasteiger partial charge in [0, 0.05) is 35.5 Å². The van der Waals surface area contributed by atoms with Crippen LogP contribution in [0.5, 0.6) is 0 Å². The molecule has 1 aliphatic rings. The summed E-state index contributed by atoms with van der Waals surface area (Å²) in [6.07, 6.45) is 2.46. The van der Waals surface area contributed by atoms with Gasteiger partial charge in [-0.25, -0.2) is 4.79 Å². The summed E-state index contributed by atoms with van der Waals surface area (Å²) in [5.74, 6) is -1.02. The smallest absolute Gasteiger partial charge is 0.352 e. The molecule has 1 aliphatic heterocycles. The predicted octanol–water partition coefficient (Wildman–Crippen LogP) is 5.62. The molecule has 4 nitrogen and oxygen atoms in total. The van der Waals surface area contributed by atoms with Gasteiger partial charge in [-0.05, 0) is 43.1 Å². The van der Waals surface area contributed by atoms with E-state index in [2.05, 4.69) is 41.3 Å². The standard InChI is InChI=1S/C28H28N2O2/c31-28(32)27-26(25(21-11-3-1-4-12-21)22-13-5-2-6-14-22)23-15-7-8-16-24(23)30(27)20-19-29-17-9-10-18-29/h1-8,11-16,25H,9-10,17-20H2,(H,31,32). The molecule has 0 amide bonds. The molecule has 1 N–H and O–H groups in total. The second-order valence-corrected chi connectivity index (χ2v) is 8.54. The first-order valence-corrected chi connectivity index (χ1v) is 11.4. The van der Waals surface area contributed by atoms with E-state index in [0.717, 1.165) is 47.2 Å². The van der Waals surface area contributed by atoms with Crippen LogP contribution in [0.15, 0.2) is 84.9 Å². The van der Waals surface area contributed by atoms with Crippen LogP contribution in [-0.4, -0.2) is 40.2 Å². The molecule has 4 heteroatoms. The maximum atomic E-state index is 12.7. The fraction of sp³-hybridized carbons (Fsp3) is 0.250. The van der Waals surface area contributed by atoms with Gasteiger partial charge in [-0.3, -0.25) is 0 Å². The lowest BCUT2D eigenvalue weighted by atomic mass is 9.83. The summed E-state index contributed by atoms with van der Waals surface area (Å²) in [6, 6.07) is 28.6. The lowest BCUT2D eigenvalue weighted by molar-refractivity contribution is 0.0683. The minimum Gasteiger partial charge on any atom is -0.477 e. The molecule has 162 valence electrons. The lowest BCUT2D eigenvalue weighted by Crippen LogP contribution is -2.25. The van der Waals surface area contributed by atoms with Crippen molar-refractivity contribution in [3.8, 4) is 0 Å². The SMILES string of the molecule is O=C(O)c1c(C(c2ccccc2)c2ccccc2)c2ccccc2n1CCN1CCCC1. The van der Waals surface area contributed by atoms with E-state index in [-0.39, 0.29) is 5.92 Å². The van der Waals surface area contributed by atoms with E-state index in [1.807, 2.05) is 53.1 Å². The number of carboxylic acids is 1. The third-order valence-corrected chi connectivity index (χ3v) is 6.61. The van der Waals surface area contributed by atoms with Crippen molar-refractivity contribution >= 4 is 16.9 Å². The Bertz CT molecular complexity index is 1170. The third-order valence-electron chi connectivity index (χ3n) is 6.61. The minimum absolute atomic E-state index is 0.151. The van der Waals surface area contributed by atoms with Crippen LogP contribution in [0.2, 0.25) is 0 Å². The minimum atomic E-state index is -0.866. The Morgan fingerprint density at radius 2 is 1.34 bits per heavy atom. The third kappa shape index (κ3) is 3.82. The molecular formula is C28H28N2O2. The second-order valence-electron chi connectivity index (χ2n) is 8.54. The van der Waals surface area contributed by atoms with Crippen LogP contribution in [0, 0.1) is 0 Å². The fourth-order valence-corrected chi connectivity index (χ4v) is 5.15. The molecule has 5 rings (SSSR count). The Morgan fingerprint density at radius 1 is 0.781 bits per heavy atom. The zero-order valence-electron chi connectivity index (χ0n) is 18.2.